The van der Waals surface area contributed by atoms with Crippen LogP contribution in [0.5, 0.6) is 5.75 Å². The molecule has 1 aliphatic rings. The SMILES string of the molecule is COc1ccc(C(=O)NCC2(CCN)CC2)cc1. The summed E-state index contributed by atoms with van der Waals surface area (Å²) in [4.78, 5) is 11.9. The Morgan fingerprint density at radius 1 is 1.39 bits per heavy atom. The zero-order valence-corrected chi connectivity index (χ0v) is 10.7. The summed E-state index contributed by atoms with van der Waals surface area (Å²) in [6, 6.07) is 7.14. The average Bonchev–Trinajstić information content (AvgIpc) is 3.17. The molecule has 0 saturated heterocycles. The Balaban J connectivity index is 1.87. The third-order valence-electron chi connectivity index (χ3n) is 3.61. The summed E-state index contributed by atoms with van der Waals surface area (Å²) in [6.07, 6.45) is 3.34. The first kappa shape index (κ1) is 12.9. The van der Waals surface area contributed by atoms with Crippen molar-refractivity contribution in [1.82, 2.24) is 5.32 Å². The van der Waals surface area contributed by atoms with Gasteiger partial charge in [0.15, 0.2) is 0 Å². The number of hydrogen-bond donors (Lipinski definition) is 2. The molecule has 0 aliphatic heterocycles. The number of carbonyl (C=O) groups excluding carboxylic acids is 1. The first-order valence-corrected chi connectivity index (χ1v) is 6.31. The number of amides is 1. The number of rotatable bonds is 6. The summed E-state index contributed by atoms with van der Waals surface area (Å²) in [5.74, 6) is 0.731. The second kappa shape index (κ2) is 5.40. The molecule has 98 valence electrons. The molecule has 1 aromatic rings. The molecule has 1 amide bonds. The Morgan fingerprint density at radius 2 is 2.06 bits per heavy atom. The van der Waals surface area contributed by atoms with Gasteiger partial charge in [-0.2, -0.15) is 0 Å². The fraction of sp³-hybridized carbons (Fsp3) is 0.500. The summed E-state index contributed by atoms with van der Waals surface area (Å²) < 4.78 is 5.06. The molecule has 4 heteroatoms. The molecule has 1 saturated carbocycles. The highest BCUT2D eigenvalue weighted by molar-refractivity contribution is 5.94. The van der Waals surface area contributed by atoms with Crippen LogP contribution in [0.1, 0.15) is 29.6 Å². The molecule has 1 fully saturated rings. The maximum absolute atomic E-state index is 11.9. The van der Waals surface area contributed by atoms with Crippen molar-refractivity contribution < 1.29 is 9.53 Å². The van der Waals surface area contributed by atoms with E-state index in [0.717, 1.165) is 18.7 Å². The lowest BCUT2D eigenvalue weighted by molar-refractivity contribution is 0.0944. The van der Waals surface area contributed by atoms with Gasteiger partial charge >= 0.3 is 0 Å². The number of nitrogens with two attached hydrogens (primary N) is 1. The summed E-state index contributed by atoms with van der Waals surface area (Å²) >= 11 is 0. The first-order chi connectivity index (χ1) is 8.69. The Bertz CT molecular complexity index is 410. The van der Waals surface area contributed by atoms with Gasteiger partial charge in [0.1, 0.15) is 5.75 Å². The van der Waals surface area contributed by atoms with E-state index in [9.17, 15) is 4.79 Å². The van der Waals surface area contributed by atoms with E-state index < -0.39 is 0 Å². The highest BCUT2D eigenvalue weighted by Crippen LogP contribution is 2.47. The molecule has 3 N–H and O–H groups in total. The summed E-state index contributed by atoms with van der Waals surface area (Å²) in [7, 11) is 1.61. The predicted molar refractivity (Wildman–Crippen MR) is 70.7 cm³/mol. The maximum Gasteiger partial charge on any atom is 0.251 e. The quantitative estimate of drug-likeness (QED) is 0.803. The molecule has 2 rings (SSSR count). The van der Waals surface area contributed by atoms with Gasteiger partial charge in [-0.25, -0.2) is 0 Å². The normalized spacial score (nSPS) is 16.1. The second-order valence-electron chi connectivity index (χ2n) is 4.95. The molecule has 1 aromatic carbocycles. The molecule has 18 heavy (non-hydrogen) atoms. The van der Waals surface area contributed by atoms with E-state index in [2.05, 4.69) is 5.32 Å². The summed E-state index contributed by atoms with van der Waals surface area (Å²) in [5.41, 5.74) is 6.52. The van der Waals surface area contributed by atoms with Gasteiger partial charge in [-0.15, -0.1) is 0 Å². The van der Waals surface area contributed by atoms with Crippen LogP contribution in [-0.4, -0.2) is 26.1 Å². The fourth-order valence-corrected chi connectivity index (χ4v) is 2.11. The smallest absolute Gasteiger partial charge is 0.251 e. The van der Waals surface area contributed by atoms with E-state index in [-0.39, 0.29) is 11.3 Å². The highest BCUT2D eigenvalue weighted by Gasteiger charge is 2.41. The van der Waals surface area contributed by atoms with Crippen molar-refractivity contribution in [3.63, 3.8) is 0 Å². The van der Waals surface area contributed by atoms with E-state index in [1.165, 1.54) is 12.8 Å². The number of hydrogen-bond acceptors (Lipinski definition) is 3. The maximum atomic E-state index is 11.9. The van der Waals surface area contributed by atoms with Crippen molar-refractivity contribution in [2.75, 3.05) is 20.2 Å². The van der Waals surface area contributed by atoms with Crippen molar-refractivity contribution in [3.8, 4) is 5.75 Å². The monoisotopic (exact) mass is 248 g/mol. The second-order valence-corrected chi connectivity index (χ2v) is 4.95. The van der Waals surface area contributed by atoms with Crippen molar-refractivity contribution in [2.45, 2.75) is 19.3 Å². The molecule has 0 bridgehead atoms. The molecule has 1 aliphatic carbocycles. The molecule has 0 atom stereocenters. The summed E-state index contributed by atoms with van der Waals surface area (Å²) in [6.45, 7) is 1.42. The van der Waals surface area contributed by atoms with Gasteiger partial charge in [-0.3, -0.25) is 4.79 Å². The van der Waals surface area contributed by atoms with Crippen LogP contribution in [-0.2, 0) is 0 Å². The van der Waals surface area contributed by atoms with Crippen LogP contribution in [0, 0.1) is 5.41 Å². The number of benzene rings is 1. The van der Waals surface area contributed by atoms with Crippen LogP contribution in [0.25, 0.3) is 0 Å². The zero-order chi connectivity index (χ0) is 13.0. The Labute approximate surface area is 108 Å². The number of carbonyl (C=O) groups is 1. The third kappa shape index (κ3) is 3.01. The first-order valence-electron chi connectivity index (χ1n) is 6.31. The lowest BCUT2D eigenvalue weighted by Gasteiger charge is -2.14. The van der Waals surface area contributed by atoms with Crippen LogP contribution < -0.4 is 15.8 Å². The predicted octanol–water partition coefficient (Wildman–Crippen LogP) is 1.55. The molecular weight excluding hydrogens is 228 g/mol. The van der Waals surface area contributed by atoms with Crippen LogP contribution in [0.2, 0.25) is 0 Å². The Morgan fingerprint density at radius 3 is 2.56 bits per heavy atom. The van der Waals surface area contributed by atoms with E-state index in [1.807, 2.05) is 0 Å². The molecule has 0 aromatic heterocycles. The highest BCUT2D eigenvalue weighted by atomic mass is 16.5. The van der Waals surface area contributed by atoms with E-state index in [4.69, 9.17) is 10.5 Å². The minimum absolute atomic E-state index is 0.0269. The third-order valence-corrected chi connectivity index (χ3v) is 3.61. The molecular formula is C14H20N2O2. The lowest BCUT2D eigenvalue weighted by Crippen LogP contribution is -2.31. The van der Waals surface area contributed by atoms with Crippen molar-refractivity contribution in [1.29, 1.82) is 0 Å². The lowest BCUT2D eigenvalue weighted by atomic mass is 10.0. The molecule has 0 spiro atoms. The van der Waals surface area contributed by atoms with E-state index in [1.54, 1.807) is 31.4 Å². The van der Waals surface area contributed by atoms with Crippen LogP contribution in [0.4, 0.5) is 0 Å². The molecule has 4 nitrogen and oxygen atoms in total. The van der Waals surface area contributed by atoms with Crippen LogP contribution in [0.3, 0.4) is 0 Å². The summed E-state index contributed by atoms with van der Waals surface area (Å²) in [5, 5.41) is 2.99. The standard InChI is InChI=1S/C14H20N2O2/c1-18-12-4-2-11(3-5-12)13(17)16-10-14(6-7-14)8-9-15/h2-5H,6-10,15H2,1H3,(H,16,17). The Kier molecular flexibility index (Phi) is 3.87. The van der Waals surface area contributed by atoms with Gasteiger partial charge in [-0.05, 0) is 55.5 Å². The Hall–Kier alpha value is -1.55. The molecule has 0 radical (unpaired) electrons. The van der Waals surface area contributed by atoms with Gasteiger partial charge in [-0.1, -0.05) is 0 Å². The van der Waals surface area contributed by atoms with Crippen LogP contribution >= 0.6 is 0 Å². The fourth-order valence-electron chi connectivity index (χ4n) is 2.11. The van der Waals surface area contributed by atoms with E-state index >= 15 is 0 Å². The van der Waals surface area contributed by atoms with E-state index in [0.29, 0.717) is 12.1 Å². The van der Waals surface area contributed by atoms with Gasteiger partial charge in [0.05, 0.1) is 7.11 Å². The number of methoxy groups -OCH3 is 1. The number of ether oxygens (including phenoxy) is 1. The minimum Gasteiger partial charge on any atom is -0.497 e. The largest absolute Gasteiger partial charge is 0.497 e. The van der Waals surface area contributed by atoms with Gasteiger partial charge in [0.2, 0.25) is 0 Å². The topological polar surface area (TPSA) is 64.3 Å². The van der Waals surface area contributed by atoms with Crippen molar-refractivity contribution >= 4 is 5.91 Å². The van der Waals surface area contributed by atoms with Gasteiger partial charge < -0.3 is 15.8 Å². The number of nitrogens with one attached hydrogen (secondary N) is 1. The minimum atomic E-state index is -0.0269. The van der Waals surface area contributed by atoms with Crippen molar-refractivity contribution in [2.24, 2.45) is 11.1 Å². The average molecular weight is 248 g/mol. The van der Waals surface area contributed by atoms with Gasteiger partial charge in [0, 0.05) is 12.1 Å². The van der Waals surface area contributed by atoms with Gasteiger partial charge in [0.25, 0.3) is 5.91 Å². The van der Waals surface area contributed by atoms with Crippen LogP contribution in [0.15, 0.2) is 24.3 Å². The molecule has 0 unspecified atom stereocenters. The van der Waals surface area contributed by atoms with Crippen molar-refractivity contribution in [3.05, 3.63) is 29.8 Å². The molecule has 0 heterocycles. The zero-order valence-electron chi connectivity index (χ0n) is 10.7.